The average molecular weight is 412 g/mol. The minimum absolute atomic E-state index is 0.0559. The lowest BCUT2D eigenvalue weighted by molar-refractivity contribution is -0.160. The molecule has 1 rings (SSSR count). The van der Waals surface area contributed by atoms with E-state index < -0.39 is 54.1 Å². The second kappa shape index (κ2) is 11.6. The lowest BCUT2D eigenvalue weighted by Crippen LogP contribution is -2.32. The Morgan fingerprint density at radius 3 is 2.14 bits per heavy atom. The van der Waals surface area contributed by atoms with E-state index in [-0.39, 0.29) is 13.2 Å². The number of ether oxygens (including phenoxy) is 5. The first-order valence-corrected chi connectivity index (χ1v) is 8.80. The Morgan fingerprint density at radius 1 is 1.03 bits per heavy atom. The third-order valence-corrected chi connectivity index (χ3v) is 3.56. The Morgan fingerprint density at radius 2 is 1.62 bits per heavy atom. The van der Waals surface area contributed by atoms with Gasteiger partial charge in [-0.05, 0) is 19.1 Å². The maximum absolute atomic E-state index is 12.0. The van der Waals surface area contributed by atoms with E-state index >= 15 is 0 Å². The smallest absolute Gasteiger partial charge is 0.348 e. The first-order chi connectivity index (χ1) is 13.6. The van der Waals surface area contributed by atoms with Crippen molar-refractivity contribution in [2.45, 2.75) is 46.0 Å². The molecule has 1 aliphatic heterocycles. The molecule has 1 aliphatic rings. The molecule has 1 heterocycles. The largest absolute Gasteiger partial charge is 0.462 e. The molecule has 160 valence electrons. The molecule has 0 spiro atoms. The monoisotopic (exact) mass is 412 g/mol. The zero-order valence-corrected chi connectivity index (χ0v) is 16.6. The summed E-state index contributed by atoms with van der Waals surface area (Å²) >= 11 is 0. The Bertz CT molecular complexity index is 693. The number of carbonyl (C=O) groups is 5. The van der Waals surface area contributed by atoms with Crippen LogP contribution in [0.3, 0.4) is 0 Å². The van der Waals surface area contributed by atoms with E-state index in [0.717, 1.165) is 13.0 Å². The third kappa shape index (κ3) is 8.58. The minimum atomic E-state index is -1.14. The van der Waals surface area contributed by atoms with Crippen LogP contribution in [0.25, 0.3) is 0 Å². The van der Waals surface area contributed by atoms with Crippen molar-refractivity contribution in [2.75, 3.05) is 13.2 Å². The van der Waals surface area contributed by atoms with E-state index in [9.17, 15) is 24.0 Å². The van der Waals surface area contributed by atoms with Crippen molar-refractivity contribution in [1.29, 1.82) is 0 Å². The van der Waals surface area contributed by atoms with Gasteiger partial charge in [0.15, 0.2) is 12.2 Å². The van der Waals surface area contributed by atoms with Gasteiger partial charge in [-0.25, -0.2) is 9.59 Å². The molecular formula is C19H24O10. The molecule has 0 saturated carbocycles. The molecule has 0 amide bonds. The van der Waals surface area contributed by atoms with Crippen molar-refractivity contribution in [3.8, 4) is 0 Å². The van der Waals surface area contributed by atoms with Gasteiger partial charge in [-0.1, -0.05) is 6.08 Å². The van der Waals surface area contributed by atoms with Crippen LogP contribution in [0.15, 0.2) is 24.3 Å². The Labute approximate surface area is 167 Å². The van der Waals surface area contributed by atoms with E-state index in [0.29, 0.717) is 0 Å². The maximum atomic E-state index is 12.0. The van der Waals surface area contributed by atoms with E-state index in [1.165, 1.54) is 26.0 Å². The molecule has 0 aromatic heterocycles. The normalized spacial score (nSPS) is 20.8. The molecule has 0 radical (unpaired) electrons. The van der Waals surface area contributed by atoms with Crippen molar-refractivity contribution in [3.05, 3.63) is 24.3 Å². The van der Waals surface area contributed by atoms with Crippen LogP contribution in [0.1, 0.15) is 27.7 Å². The van der Waals surface area contributed by atoms with Gasteiger partial charge in [-0.2, -0.15) is 0 Å². The van der Waals surface area contributed by atoms with Crippen LogP contribution in [-0.4, -0.2) is 61.4 Å². The molecule has 29 heavy (non-hydrogen) atoms. The molecule has 0 aliphatic carbocycles. The number of cyclic esters (lactones) is 1. The highest BCUT2D eigenvalue weighted by atomic mass is 16.6. The average Bonchev–Trinajstić information content (AvgIpc) is 2.95. The molecule has 1 saturated heterocycles. The molecule has 0 aromatic rings. The molecule has 0 unspecified atom stereocenters. The molecule has 0 bridgehead atoms. The van der Waals surface area contributed by atoms with Crippen LogP contribution in [0.2, 0.25) is 0 Å². The zero-order chi connectivity index (χ0) is 22.0. The number of esters is 5. The fourth-order valence-electron chi connectivity index (χ4n) is 2.43. The third-order valence-electron chi connectivity index (χ3n) is 3.56. The summed E-state index contributed by atoms with van der Waals surface area (Å²) in [5.41, 5.74) is 0. The number of hydrogen-bond acceptors (Lipinski definition) is 10. The van der Waals surface area contributed by atoms with Gasteiger partial charge in [0.25, 0.3) is 0 Å². The lowest BCUT2D eigenvalue weighted by atomic mass is 10.1. The second-order valence-electron chi connectivity index (χ2n) is 6.08. The van der Waals surface area contributed by atoms with E-state index in [4.69, 9.17) is 23.7 Å². The fraction of sp³-hybridized carbons (Fsp3) is 0.526. The molecule has 4 atom stereocenters. The minimum Gasteiger partial charge on any atom is -0.462 e. The van der Waals surface area contributed by atoms with E-state index in [1.54, 1.807) is 13.0 Å². The van der Waals surface area contributed by atoms with Gasteiger partial charge in [0, 0.05) is 26.8 Å². The van der Waals surface area contributed by atoms with Gasteiger partial charge in [0.2, 0.25) is 6.10 Å². The van der Waals surface area contributed by atoms with Crippen molar-refractivity contribution in [2.24, 2.45) is 5.92 Å². The SMILES string of the molecule is C/C=C/[C@H](OC(C)=O)[C@@H](/C=C/C(=O)OC[C@@H]1COC(=O)[C@H]1OC(C)=O)OC(C)=O. The van der Waals surface area contributed by atoms with Gasteiger partial charge in [0.05, 0.1) is 5.92 Å². The summed E-state index contributed by atoms with van der Waals surface area (Å²) in [5.74, 6) is -4.03. The molecule has 0 N–H and O–H groups in total. The molecule has 10 nitrogen and oxygen atoms in total. The highest BCUT2D eigenvalue weighted by molar-refractivity contribution is 5.83. The van der Waals surface area contributed by atoms with Crippen LogP contribution in [-0.2, 0) is 47.7 Å². The van der Waals surface area contributed by atoms with Crippen LogP contribution < -0.4 is 0 Å². The van der Waals surface area contributed by atoms with Gasteiger partial charge in [-0.15, -0.1) is 0 Å². The highest BCUT2D eigenvalue weighted by Crippen LogP contribution is 2.19. The molecule has 0 aromatic carbocycles. The lowest BCUT2D eigenvalue weighted by Gasteiger charge is -2.21. The zero-order valence-electron chi connectivity index (χ0n) is 16.6. The molecule has 1 fully saturated rings. The molecule has 10 heteroatoms. The van der Waals surface area contributed by atoms with Gasteiger partial charge in [0.1, 0.15) is 13.2 Å². The predicted molar refractivity (Wildman–Crippen MR) is 96.0 cm³/mol. The Kier molecular flexibility index (Phi) is 9.57. The summed E-state index contributed by atoms with van der Waals surface area (Å²) in [6.07, 6.45) is 2.20. The first kappa shape index (κ1) is 23.9. The van der Waals surface area contributed by atoms with E-state index in [2.05, 4.69) is 0 Å². The van der Waals surface area contributed by atoms with Crippen LogP contribution >= 0.6 is 0 Å². The summed E-state index contributed by atoms with van der Waals surface area (Å²) in [6.45, 7) is 4.92. The standard InChI is InChI=1S/C19H24O10/c1-5-6-15(27-11(2)20)16(28-12(3)21)7-8-17(23)25-9-14-10-26-19(24)18(14)29-13(4)22/h5-8,14-16,18H,9-10H2,1-4H3/b6-5+,8-7+/t14-,15+,16-,18+/m1/s1. The maximum Gasteiger partial charge on any atom is 0.348 e. The Hall–Kier alpha value is -3.17. The van der Waals surface area contributed by atoms with Crippen molar-refractivity contribution < 1.29 is 47.7 Å². The van der Waals surface area contributed by atoms with E-state index in [1.807, 2.05) is 0 Å². The van der Waals surface area contributed by atoms with Gasteiger partial charge < -0.3 is 23.7 Å². The summed E-state index contributed by atoms with van der Waals surface area (Å²) in [4.78, 5) is 57.2. The Balaban J connectivity index is 2.74. The second-order valence-corrected chi connectivity index (χ2v) is 6.08. The quantitative estimate of drug-likeness (QED) is 0.230. The first-order valence-electron chi connectivity index (χ1n) is 8.80. The van der Waals surface area contributed by atoms with Crippen molar-refractivity contribution >= 4 is 29.8 Å². The van der Waals surface area contributed by atoms with Gasteiger partial charge in [-0.3, -0.25) is 14.4 Å². The predicted octanol–water partition coefficient (Wildman–Crippen LogP) is 0.630. The summed E-state index contributed by atoms with van der Waals surface area (Å²) in [6, 6.07) is 0. The number of carbonyl (C=O) groups excluding carboxylic acids is 5. The summed E-state index contributed by atoms with van der Waals surface area (Å²) in [5, 5.41) is 0. The summed E-state index contributed by atoms with van der Waals surface area (Å²) in [7, 11) is 0. The highest BCUT2D eigenvalue weighted by Gasteiger charge is 2.40. The fourth-order valence-corrected chi connectivity index (χ4v) is 2.43. The van der Waals surface area contributed by atoms with Crippen molar-refractivity contribution in [3.63, 3.8) is 0 Å². The number of allylic oxidation sites excluding steroid dienone is 1. The number of rotatable bonds is 9. The number of hydrogen-bond donors (Lipinski definition) is 0. The van der Waals surface area contributed by atoms with Crippen molar-refractivity contribution in [1.82, 2.24) is 0 Å². The van der Waals surface area contributed by atoms with Gasteiger partial charge >= 0.3 is 29.8 Å². The van der Waals surface area contributed by atoms with Crippen LogP contribution in [0, 0.1) is 5.92 Å². The molecular weight excluding hydrogens is 388 g/mol. The summed E-state index contributed by atoms with van der Waals surface area (Å²) < 4.78 is 24.9. The van der Waals surface area contributed by atoms with Crippen LogP contribution in [0.5, 0.6) is 0 Å². The van der Waals surface area contributed by atoms with Crippen LogP contribution in [0.4, 0.5) is 0 Å². The topological polar surface area (TPSA) is 132 Å².